The smallest absolute Gasteiger partial charge is 0.239 e. The van der Waals surface area contributed by atoms with Gasteiger partial charge in [-0.3, -0.25) is 9.69 Å². The number of rotatable bonds is 4. The summed E-state index contributed by atoms with van der Waals surface area (Å²) < 4.78 is 0. The zero-order valence-corrected chi connectivity index (χ0v) is 14.7. The van der Waals surface area contributed by atoms with Gasteiger partial charge in [0.05, 0.1) is 6.04 Å². The number of piperazine rings is 1. The molecule has 0 spiro atoms. The molecule has 2 aliphatic rings. The predicted octanol–water partition coefficient (Wildman–Crippen LogP) is 0.198. The van der Waals surface area contributed by atoms with E-state index in [1.54, 1.807) is 12.4 Å². The van der Waals surface area contributed by atoms with E-state index in [0.29, 0.717) is 6.04 Å². The van der Waals surface area contributed by atoms with Gasteiger partial charge in [0, 0.05) is 51.2 Å². The Balaban J connectivity index is 1.53. The Bertz CT molecular complexity index is 531. The number of carbonyl (C=O) groups is 1. The van der Waals surface area contributed by atoms with E-state index >= 15 is 0 Å². The molecule has 2 saturated heterocycles. The van der Waals surface area contributed by atoms with Gasteiger partial charge in [-0.25, -0.2) is 9.97 Å². The molecule has 1 N–H and O–H groups in total. The fourth-order valence-corrected chi connectivity index (χ4v) is 3.60. The Morgan fingerprint density at radius 2 is 1.92 bits per heavy atom. The van der Waals surface area contributed by atoms with Crippen molar-refractivity contribution in [3.8, 4) is 0 Å². The van der Waals surface area contributed by atoms with Gasteiger partial charge in [-0.05, 0) is 39.4 Å². The van der Waals surface area contributed by atoms with Gasteiger partial charge in [0.1, 0.15) is 0 Å². The van der Waals surface area contributed by atoms with Crippen LogP contribution in [-0.2, 0) is 4.79 Å². The fourth-order valence-electron chi connectivity index (χ4n) is 3.60. The van der Waals surface area contributed by atoms with Crippen molar-refractivity contribution in [3.05, 3.63) is 18.5 Å². The van der Waals surface area contributed by atoms with E-state index in [1.807, 2.05) is 24.9 Å². The van der Waals surface area contributed by atoms with Crippen molar-refractivity contribution in [1.29, 1.82) is 0 Å². The number of amides is 1. The molecule has 3 heterocycles. The first-order valence-electron chi connectivity index (χ1n) is 8.91. The number of carbonyl (C=O) groups excluding carboxylic acids is 1. The molecule has 0 aliphatic carbocycles. The Morgan fingerprint density at radius 1 is 1.21 bits per heavy atom. The monoisotopic (exact) mass is 332 g/mol. The largest absolute Gasteiger partial charge is 0.338 e. The fraction of sp³-hybridized carbons (Fsp3) is 0.706. The first-order valence-corrected chi connectivity index (χ1v) is 8.91. The minimum atomic E-state index is -0.0410. The standard InChI is InChI=1S/C17H28N6O/c1-14(23-8-3-5-15(13-23)18-2)16(24)21-9-11-22(12-10-21)17-19-6-4-7-20-17/h4,6-7,14-15,18H,3,5,8-13H2,1-2H3. The summed E-state index contributed by atoms with van der Waals surface area (Å²) in [5, 5.41) is 3.34. The van der Waals surface area contributed by atoms with Crippen molar-refractivity contribution >= 4 is 11.9 Å². The van der Waals surface area contributed by atoms with Crippen LogP contribution in [0, 0.1) is 0 Å². The third kappa shape index (κ3) is 3.84. The Morgan fingerprint density at radius 3 is 2.58 bits per heavy atom. The van der Waals surface area contributed by atoms with Gasteiger partial charge in [-0.2, -0.15) is 0 Å². The minimum Gasteiger partial charge on any atom is -0.338 e. The maximum Gasteiger partial charge on any atom is 0.239 e. The summed E-state index contributed by atoms with van der Waals surface area (Å²) in [6.45, 7) is 7.09. The predicted molar refractivity (Wildman–Crippen MR) is 93.9 cm³/mol. The number of likely N-dealkylation sites (tertiary alicyclic amines) is 1. The van der Waals surface area contributed by atoms with Crippen LogP contribution in [0.3, 0.4) is 0 Å². The van der Waals surface area contributed by atoms with E-state index < -0.39 is 0 Å². The van der Waals surface area contributed by atoms with E-state index in [-0.39, 0.29) is 11.9 Å². The second-order valence-corrected chi connectivity index (χ2v) is 6.66. The van der Waals surface area contributed by atoms with Crippen molar-refractivity contribution in [2.24, 2.45) is 0 Å². The number of likely N-dealkylation sites (N-methyl/N-ethyl adjacent to an activating group) is 1. The van der Waals surface area contributed by atoms with Crippen molar-refractivity contribution < 1.29 is 4.79 Å². The average Bonchev–Trinajstić information content (AvgIpc) is 2.67. The lowest BCUT2D eigenvalue weighted by atomic mass is 10.0. The van der Waals surface area contributed by atoms with Crippen LogP contribution in [-0.4, -0.2) is 84.1 Å². The van der Waals surface area contributed by atoms with Gasteiger partial charge in [0.25, 0.3) is 0 Å². The number of hydrogen-bond donors (Lipinski definition) is 1. The van der Waals surface area contributed by atoms with Gasteiger partial charge in [-0.15, -0.1) is 0 Å². The van der Waals surface area contributed by atoms with Crippen LogP contribution in [0.1, 0.15) is 19.8 Å². The Kier molecular flexibility index (Phi) is 5.63. The molecule has 7 heteroatoms. The summed E-state index contributed by atoms with van der Waals surface area (Å²) in [4.78, 5) is 27.9. The van der Waals surface area contributed by atoms with Gasteiger partial charge >= 0.3 is 0 Å². The third-order valence-corrected chi connectivity index (χ3v) is 5.19. The molecule has 7 nitrogen and oxygen atoms in total. The lowest BCUT2D eigenvalue weighted by molar-refractivity contribution is -0.137. The van der Waals surface area contributed by atoms with Crippen LogP contribution in [0.2, 0.25) is 0 Å². The molecule has 24 heavy (non-hydrogen) atoms. The highest BCUT2D eigenvalue weighted by molar-refractivity contribution is 5.81. The number of aromatic nitrogens is 2. The molecule has 1 amide bonds. The molecule has 132 valence electrons. The molecule has 0 aromatic carbocycles. The lowest BCUT2D eigenvalue weighted by Gasteiger charge is -2.40. The molecular formula is C17H28N6O. The summed E-state index contributed by atoms with van der Waals surface area (Å²) in [6, 6.07) is 2.28. The van der Waals surface area contributed by atoms with Crippen molar-refractivity contribution in [3.63, 3.8) is 0 Å². The van der Waals surface area contributed by atoms with Crippen molar-refractivity contribution in [2.75, 3.05) is 51.2 Å². The summed E-state index contributed by atoms with van der Waals surface area (Å²) in [5.41, 5.74) is 0. The highest BCUT2D eigenvalue weighted by Crippen LogP contribution is 2.16. The molecule has 0 bridgehead atoms. The molecule has 2 aliphatic heterocycles. The zero-order valence-electron chi connectivity index (χ0n) is 14.7. The topological polar surface area (TPSA) is 64.6 Å². The Labute approximate surface area is 144 Å². The molecule has 0 radical (unpaired) electrons. The zero-order chi connectivity index (χ0) is 16.9. The van der Waals surface area contributed by atoms with E-state index in [2.05, 4.69) is 25.1 Å². The minimum absolute atomic E-state index is 0.0410. The maximum absolute atomic E-state index is 12.8. The second-order valence-electron chi connectivity index (χ2n) is 6.66. The molecule has 2 atom stereocenters. The highest BCUT2D eigenvalue weighted by Gasteiger charge is 2.31. The van der Waals surface area contributed by atoms with E-state index in [0.717, 1.165) is 51.6 Å². The summed E-state index contributed by atoms with van der Waals surface area (Å²) >= 11 is 0. The van der Waals surface area contributed by atoms with Crippen LogP contribution >= 0.6 is 0 Å². The first kappa shape index (κ1) is 17.1. The molecule has 3 rings (SSSR count). The maximum atomic E-state index is 12.8. The molecule has 2 fully saturated rings. The summed E-state index contributed by atoms with van der Waals surface area (Å²) in [5.74, 6) is 1.01. The quantitative estimate of drug-likeness (QED) is 0.850. The van der Waals surface area contributed by atoms with Gasteiger partial charge in [0.2, 0.25) is 11.9 Å². The molecule has 0 saturated carbocycles. The van der Waals surface area contributed by atoms with Crippen molar-refractivity contribution in [1.82, 2.24) is 25.1 Å². The lowest BCUT2D eigenvalue weighted by Crippen LogP contribution is -2.57. The number of piperidine rings is 1. The molecule has 2 unspecified atom stereocenters. The number of nitrogens with one attached hydrogen (secondary N) is 1. The number of anilines is 1. The van der Waals surface area contributed by atoms with Crippen molar-refractivity contribution in [2.45, 2.75) is 31.8 Å². The second kappa shape index (κ2) is 7.90. The van der Waals surface area contributed by atoms with Gasteiger partial charge in [-0.1, -0.05) is 0 Å². The van der Waals surface area contributed by atoms with Crippen LogP contribution < -0.4 is 10.2 Å². The van der Waals surface area contributed by atoms with E-state index in [1.165, 1.54) is 6.42 Å². The van der Waals surface area contributed by atoms with Crippen LogP contribution in [0.4, 0.5) is 5.95 Å². The Hall–Kier alpha value is -1.73. The highest BCUT2D eigenvalue weighted by atomic mass is 16.2. The third-order valence-electron chi connectivity index (χ3n) is 5.19. The molecule has 1 aromatic rings. The summed E-state index contributed by atoms with van der Waals surface area (Å²) in [7, 11) is 2.01. The van der Waals surface area contributed by atoms with E-state index in [9.17, 15) is 4.79 Å². The SMILES string of the molecule is CNC1CCCN(C(C)C(=O)N2CCN(c3ncccn3)CC2)C1. The number of nitrogens with zero attached hydrogens (tertiary/aromatic N) is 5. The first-order chi connectivity index (χ1) is 11.7. The van der Waals surface area contributed by atoms with Gasteiger partial charge in [0.15, 0.2) is 0 Å². The summed E-state index contributed by atoms with van der Waals surface area (Å²) in [6.07, 6.45) is 5.87. The van der Waals surface area contributed by atoms with E-state index in [4.69, 9.17) is 0 Å². The van der Waals surface area contributed by atoms with Gasteiger partial charge < -0.3 is 15.1 Å². The van der Waals surface area contributed by atoms with Crippen LogP contribution in [0.25, 0.3) is 0 Å². The van der Waals surface area contributed by atoms with Crippen LogP contribution in [0.15, 0.2) is 18.5 Å². The normalized spacial score (nSPS) is 24.0. The number of hydrogen-bond acceptors (Lipinski definition) is 6. The van der Waals surface area contributed by atoms with Crippen LogP contribution in [0.5, 0.6) is 0 Å². The molecule has 1 aromatic heterocycles. The average molecular weight is 332 g/mol. The molecular weight excluding hydrogens is 304 g/mol.